The molecule has 1 aliphatic rings. The number of fused-ring (bicyclic) bond motifs is 1. The van der Waals surface area contributed by atoms with E-state index in [1.807, 2.05) is 28.8 Å². The van der Waals surface area contributed by atoms with Crippen LogP contribution in [0.15, 0.2) is 35.6 Å². The van der Waals surface area contributed by atoms with Crippen molar-refractivity contribution in [2.24, 2.45) is 10.7 Å². The highest BCUT2D eigenvalue weighted by molar-refractivity contribution is 5.78. The summed E-state index contributed by atoms with van der Waals surface area (Å²) in [6.45, 7) is 0.676. The van der Waals surface area contributed by atoms with Crippen molar-refractivity contribution in [2.75, 3.05) is 6.54 Å². The first-order chi connectivity index (χ1) is 10.8. The van der Waals surface area contributed by atoms with Crippen molar-refractivity contribution in [1.82, 2.24) is 14.7 Å². The smallest absolute Gasteiger partial charge is 0.188 e. The summed E-state index contributed by atoms with van der Waals surface area (Å²) in [5.41, 5.74) is 8.04. The number of rotatable bonds is 4. The van der Waals surface area contributed by atoms with E-state index in [-0.39, 0.29) is 0 Å². The molecule has 2 aromatic rings. The van der Waals surface area contributed by atoms with Crippen molar-refractivity contribution >= 4 is 11.6 Å². The molecule has 0 bridgehead atoms. The van der Waals surface area contributed by atoms with Crippen LogP contribution in [0.3, 0.4) is 0 Å². The average Bonchev–Trinajstić information content (AvgIpc) is 2.75. The minimum atomic E-state index is 0.501. The Labute approximate surface area is 131 Å². The molecule has 0 atom stereocenters. The molecule has 1 fully saturated rings. The second kappa shape index (κ2) is 7.29. The van der Waals surface area contributed by atoms with Crippen molar-refractivity contribution in [3.63, 3.8) is 0 Å². The zero-order valence-electron chi connectivity index (χ0n) is 13.0. The van der Waals surface area contributed by atoms with Crippen LogP contribution in [0, 0.1) is 0 Å². The van der Waals surface area contributed by atoms with E-state index >= 15 is 0 Å². The van der Waals surface area contributed by atoms with E-state index in [1.54, 1.807) is 0 Å². The van der Waals surface area contributed by atoms with Crippen molar-refractivity contribution < 1.29 is 0 Å². The molecule has 2 aromatic heterocycles. The van der Waals surface area contributed by atoms with E-state index in [1.165, 1.54) is 38.5 Å². The molecule has 22 heavy (non-hydrogen) atoms. The molecule has 5 nitrogen and oxygen atoms in total. The van der Waals surface area contributed by atoms with Gasteiger partial charge >= 0.3 is 0 Å². The molecule has 3 rings (SSSR count). The maximum atomic E-state index is 6.01. The van der Waals surface area contributed by atoms with Crippen LogP contribution in [-0.4, -0.2) is 27.9 Å². The van der Waals surface area contributed by atoms with Crippen molar-refractivity contribution in [1.29, 1.82) is 0 Å². The Morgan fingerprint density at radius 1 is 1.27 bits per heavy atom. The lowest BCUT2D eigenvalue weighted by Crippen LogP contribution is -2.40. The Balaban J connectivity index is 1.50. The highest BCUT2D eigenvalue weighted by atomic mass is 15.1. The Hall–Kier alpha value is -2.04. The fourth-order valence-electron chi connectivity index (χ4n) is 3.08. The topological polar surface area (TPSA) is 67.7 Å². The minimum Gasteiger partial charge on any atom is -0.370 e. The fourth-order valence-corrected chi connectivity index (χ4v) is 3.08. The predicted octanol–water partition coefficient (Wildman–Crippen LogP) is 2.50. The molecule has 118 valence electrons. The Morgan fingerprint density at radius 3 is 2.86 bits per heavy atom. The quantitative estimate of drug-likeness (QED) is 0.518. The number of aliphatic imine (C=N–C) groups is 1. The summed E-state index contributed by atoms with van der Waals surface area (Å²) in [5, 5.41) is 3.37. The number of nitrogens with zero attached hydrogens (tertiary/aromatic N) is 3. The number of hydrogen-bond acceptors (Lipinski definition) is 2. The lowest BCUT2D eigenvalue weighted by molar-refractivity contribution is 0.530. The van der Waals surface area contributed by atoms with Gasteiger partial charge in [0.05, 0.1) is 5.69 Å². The second-order valence-corrected chi connectivity index (χ2v) is 6.05. The zero-order chi connectivity index (χ0) is 15.2. The number of aromatic nitrogens is 2. The molecule has 0 radical (unpaired) electrons. The lowest BCUT2D eigenvalue weighted by Gasteiger charge is -2.16. The zero-order valence-corrected chi connectivity index (χ0v) is 13.0. The summed E-state index contributed by atoms with van der Waals surface area (Å²) in [7, 11) is 0. The van der Waals surface area contributed by atoms with Crippen molar-refractivity contribution in [2.45, 2.75) is 51.0 Å². The standard InChI is InChI=1S/C17H25N5/c18-17(21-14-7-3-1-2-4-8-14)19-11-10-15-13-22-12-6-5-9-16(22)20-15/h5-6,9,12-14H,1-4,7-8,10-11H2,(H3,18,19,21). The van der Waals surface area contributed by atoms with Crippen LogP contribution < -0.4 is 11.1 Å². The third kappa shape index (κ3) is 4.00. The summed E-state index contributed by atoms with van der Waals surface area (Å²) in [4.78, 5) is 9.02. The van der Waals surface area contributed by atoms with E-state index in [2.05, 4.69) is 21.5 Å². The van der Waals surface area contributed by atoms with Crippen LogP contribution in [-0.2, 0) is 6.42 Å². The highest BCUT2D eigenvalue weighted by Crippen LogP contribution is 2.16. The molecule has 0 unspecified atom stereocenters. The summed E-state index contributed by atoms with van der Waals surface area (Å²) < 4.78 is 2.03. The summed E-state index contributed by atoms with van der Waals surface area (Å²) in [5.74, 6) is 0.579. The number of guanidine groups is 1. The van der Waals surface area contributed by atoms with Crippen molar-refractivity contribution in [3.05, 3.63) is 36.3 Å². The minimum absolute atomic E-state index is 0.501. The largest absolute Gasteiger partial charge is 0.370 e. The number of pyridine rings is 1. The van der Waals surface area contributed by atoms with Crippen LogP contribution in [0.1, 0.15) is 44.2 Å². The second-order valence-electron chi connectivity index (χ2n) is 6.05. The third-order valence-electron chi connectivity index (χ3n) is 4.27. The van der Waals surface area contributed by atoms with Gasteiger partial charge in [0.15, 0.2) is 5.96 Å². The van der Waals surface area contributed by atoms with Crippen LogP contribution >= 0.6 is 0 Å². The first-order valence-electron chi connectivity index (χ1n) is 8.30. The first kappa shape index (κ1) is 14.9. The van der Waals surface area contributed by atoms with Crippen LogP contribution in [0.5, 0.6) is 0 Å². The predicted molar refractivity (Wildman–Crippen MR) is 90.0 cm³/mol. The van der Waals surface area contributed by atoms with E-state index in [0.717, 1.165) is 17.8 Å². The van der Waals surface area contributed by atoms with Gasteiger partial charge in [-0.25, -0.2) is 4.98 Å². The summed E-state index contributed by atoms with van der Waals surface area (Å²) in [6.07, 6.45) is 12.6. The molecule has 1 saturated carbocycles. The number of hydrogen-bond donors (Lipinski definition) is 2. The van der Waals surface area contributed by atoms with Gasteiger partial charge in [-0.15, -0.1) is 0 Å². The molecule has 1 aliphatic carbocycles. The van der Waals surface area contributed by atoms with Gasteiger partial charge in [-0.1, -0.05) is 31.7 Å². The fraction of sp³-hybridized carbons (Fsp3) is 0.529. The molecule has 0 amide bonds. The van der Waals surface area contributed by atoms with E-state index in [9.17, 15) is 0 Å². The molecule has 5 heteroatoms. The maximum Gasteiger partial charge on any atom is 0.188 e. The van der Waals surface area contributed by atoms with Gasteiger partial charge in [0.25, 0.3) is 0 Å². The summed E-state index contributed by atoms with van der Waals surface area (Å²) in [6, 6.07) is 6.51. The molecule has 0 aliphatic heterocycles. The normalized spacial score (nSPS) is 17.5. The molecule has 0 aromatic carbocycles. The molecular weight excluding hydrogens is 274 g/mol. The number of imidazole rings is 1. The van der Waals surface area contributed by atoms with Crippen LogP contribution in [0.25, 0.3) is 5.65 Å². The molecular formula is C17H25N5. The van der Waals surface area contributed by atoms with Crippen LogP contribution in [0.4, 0.5) is 0 Å². The van der Waals surface area contributed by atoms with Gasteiger partial charge in [-0.2, -0.15) is 0 Å². The highest BCUT2D eigenvalue weighted by Gasteiger charge is 2.12. The molecule has 0 spiro atoms. The third-order valence-corrected chi connectivity index (χ3v) is 4.27. The Bertz CT molecular complexity index is 590. The number of nitrogens with one attached hydrogen (secondary N) is 1. The first-order valence-corrected chi connectivity index (χ1v) is 8.30. The van der Waals surface area contributed by atoms with Gasteiger partial charge in [0.2, 0.25) is 0 Å². The molecule has 2 heterocycles. The Morgan fingerprint density at radius 2 is 2.09 bits per heavy atom. The van der Waals surface area contributed by atoms with Gasteiger partial charge in [-0.3, -0.25) is 4.99 Å². The maximum absolute atomic E-state index is 6.01. The summed E-state index contributed by atoms with van der Waals surface area (Å²) >= 11 is 0. The van der Waals surface area contributed by atoms with Gasteiger partial charge in [0.1, 0.15) is 5.65 Å². The number of nitrogens with two attached hydrogens (primary N) is 1. The molecule has 0 saturated heterocycles. The van der Waals surface area contributed by atoms with E-state index in [4.69, 9.17) is 5.73 Å². The van der Waals surface area contributed by atoms with Gasteiger partial charge in [0, 0.05) is 31.4 Å². The monoisotopic (exact) mass is 299 g/mol. The Kier molecular flexibility index (Phi) is 4.93. The van der Waals surface area contributed by atoms with E-state index < -0.39 is 0 Å². The van der Waals surface area contributed by atoms with Gasteiger partial charge < -0.3 is 15.5 Å². The average molecular weight is 299 g/mol. The van der Waals surface area contributed by atoms with Gasteiger partial charge in [-0.05, 0) is 25.0 Å². The SMILES string of the molecule is NC(=NCCc1cn2ccccc2n1)NC1CCCCCC1. The van der Waals surface area contributed by atoms with E-state index in [0.29, 0.717) is 18.5 Å². The van der Waals surface area contributed by atoms with Crippen molar-refractivity contribution in [3.8, 4) is 0 Å². The lowest BCUT2D eigenvalue weighted by atomic mass is 10.1. The van der Waals surface area contributed by atoms with Crippen LogP contribution in [0.2, 0.25) is 0 Å². The molecule has 3 N–H and O–H groups in total.